The fourth-order valence-electron chi connectivity index (χ4n) is 4.45. The summed E-state index contributed by atoms with van der Waals surface area (Å²) in [6.07, 6.45) is 0.422. The minimum Gasteiger partial charge on any atom is -0.481 e. The number of rotatable bonds is 12. The Balaban J connectivity index is 2.30. The first-order valence-corrected chi connectivity index (χ1v) is 13.0. The van der Waals surface area contributed by atoms with Gasteiger partial charge in [0.2, 0.25) is 0 Å². The van der Waals surface area contributed by atoms with Gasteiger partial charge in [-0.1, -0.05) is 44.2 Å². The van der Waals surface area contributed by atoms with Crippen LogP contribution in [0.4, 0.5) is 10.5 Å². The zero-order chi connectivity index (χ0) is 26.2. The van der Waals surface area contributed by atoms with Crippen LogP contribution in [-0.2, 0) is 16.0 Å². The third kappa shape index (κ3) is 9.42. The number of ether oxygens (including phenoxy) is 1. The van der Waals surface area contributed by atoms with Gasteiger partial charge in [-0.3, -0.25) is 4.79 Å². The van der Waals surface area contributed by atoms with Crippen molar-refractivity contribution in [1.82, 2.24) is 5.32 Å². The van der Waals surface area contributed by atoms with E-state index >= 15 is 0 Å². The second-order valence-corrected chi connectivity index (χ2v) is 11.4. The van der Waals surface area contributed by atoms with E-state index in [2.05, 4.69) is 48.3 Å². The number of benzene rings is 2. The van der Waals surface area contributed by atoms with Gasteiger partial charge in [0.15, 0.2) is 0 Å². The van der Waals surface area contributed by atoms with E-state index in [1.165, 1.54) is 0 Å². The van der Waals surface area contributed by atoms with Crippen LogP contribution in [0.25, 0.3) is 10.8 Å². The molecular formula is C27H38Cl2N2O4. The molecule has 2 aromatic rings. The zero-order valence-corrected chi connectivity index (χ0v) is 22.9. The zero-order valence-electron chi connectivity index (χ0n) is 21.4. The number of carbonyl (C=O) groups excluding carboxylic acids is 1. The number of aliphatic carboxylic acids is 1. The van der Waals surface area contributed by atoms with Gasteiger partial charge < -0.3 is 20.1 Å². The molecule has 0 heterocycles. The Morgan fingerprint density at radius 1 is 1.00 bits per heavy atom. The molecule has 0 aliphatic carbocycles. The summed E-state index contributed by atoms with van der Waals surface area (Å²) in [5.74, 6) is 0.0564. The molecule has 0 bridgehead atoms. The average molecular weight is 526 g/mol. The lowest BCUT2D eigenvalue weighted by atomic mass is 9.78. The van der Waals surface area contributed by atoms with Gasteiger partial charge in [-0.2, -0.15) is 0 Å². The molecule has 35 heavy (non-hydrogen) atoms. The highest BCUT2D eigenvalue weighted by atomic mass is 35.5. The molecule has 0 saturated carbocycles. The Morgan fingerprint density at radius 2 is 1.60 bits per heavy atom. The molecule has 0 radical (unpaired) electrons. The molecule has 2 aromatic carbocycles. The van der Waals surface area contributed by atoms with Gasteiger partial charge in [0.05, 0.1) is 6.42 Å². The van der Waals surface area contributed by atoms with Crippen molar-refractivity contribution in [3.63, 3.8) is 0 Å². The SMILES string of the molecule is CC(C)(Cc1ccc(N(CCCl)CCCl)c2ccccc12)C[C@@H](CC(=O)O)NC(=O)OC(C)(C)C. The fourth-order valence-corrected chi connectivity index (χ4v) is 4.85. The summed E-state index contributed by atoms with van der Waals surface area (Å²) in [5, 5.41) is 14.4. The van der Waals surface area contributed by atoms with E-state index in [9.17, 15) is 14.7 Å². The number of anilines is 1. The van der Waals surface area contributed by atoms with Gasteiger partial charge in [-0.15, -0.1) is 23.2 Å². The van der Waals surface area contributed by atoms with E-state index < -0.39 is 23.7 Å². The van der Waals surface area contributed by atoms with E-state index in [0.29, 0.717) is 37.7 Å². The van der Waals surface area contributed by atoms with Gasteiger partial charge >= 0.3 is 12.1 Å². The van der Waals surface area contributed by atoms with E-state index in [-0.39, 0.29) is 11.8 Å². The molecule has 2 rings (SSSR count). The van der Waals surface area contributed by atoms with Gasteiger partial charge in [0, 0.05) is 42.0 Å². The fraction of sp³-hybridized carbons (Fsp3) is 0.556. The third-order valence-corrected chi connectivity index (χ3v) is 5.99. The Hall–Kier alpha value is -2.18. The third-order valence-electron chi connectivity index (χ3n) is 5.65. The molecule has 0 unspecified atom stereocenters. The Labute approximate surface area is 218 Å². The summed E-state index contributed by atoms with van der Waals surface area (Å²) in [4.78, 5) is 26.0. The van der Waals surface area contributed by atoms with Crippen LogP contribution in [0, 0.1) is 5.41 Å². The smallest absolute Gasteiger partial charge is 0.407 e. The molecule has 2 N–H and O–H groups in total. The highest BCUT2D eigenvalue weighted by Gasteiger charge is 2.29. The second kappa shape index (κ2) is 12.7. The number of carboxylic acids is 1. The number of nitrogens with one attached hydrogen (secondary N) is 1. The molecule has 0 fully saturated rings. The summed E-state index contributed by atoms with van der Waals surface area (Å²) in [6, 6.07) is 11.9. The molecule has 194 valence electrons. The predicted molar refractivity (Wildman–Crippen MR) is 145 cm³/mol. The first kappa shape index (κ1) is 29.1. The molecule has 6 nitrogen and oxygen atoms in total. The summed E-state index contributed by atoms with van der Waals surface area (Å²) < 4.78 is 5.35. The van der Waals surface area contributed by atoms with Gasteiger partial charge in [-0.25, -0.2) is 4.79 Å². The first-order chi connectivity index (χ1) is 16.3. The minimum absolute atomic E-state index is 0.172. The van der Waals surface area contributed by atoms with Gasteiger partial charge in [0.25, 0.3) is 0 Å². The van der Waals surface area contributed by atoms with Crippen LogP contribution in [0.15, 0.2) is 36.4 Å². The summed E-state index contributed by atoms with van der Waals surface area (Å²) in [5.41, 5.74) is 1.32. The molecule has 1 atom stereocenters. The highest BCUT2D eigenvalue weighted by molar-refractivity contribution is 6.18. The molecule has 0 aromatic heterocycles. The van der Waals surface area contributed by atoms with Crippen molar-refractivity contribution < 1.29 is 19.4 Å². The molecular weight excluding hydrogens is 487 g/mol. The van der Waals surface area contributed by atoms with Crippen LogP contribution in [0.5, 0.6) is 0 Å². The van der Waals surface area contributed by atoms with Gasteiger partial charge in [-0.05, 0) is 56.0 Å². The standard InChI is InChI=1S/C27H38Cl2N2O4/c1-26(2,3)35-25(34)30-20(16-24(32)33)18-27(4,5)17-19-10-11-23(31(14-12-28)15-13-29)22-9-7-6-8-21(19)22/h6-11,20H,12-18H2,1-5H3,(H,30,34)(H,32,33)/t20-/m1/s1. The van der Waals surface area contributed by atoms with Gasteiger partial charge in [0.1, 0.15) is 5.60 Å². The number of fused-ring (bicyclic) bond motifs is 1. The molecule has 0 aliphatic rings. The highest BCUT2D eigenvalue weighted by Crippen LogP contribution is 2.35. The Bertz CT molecular complexity index is 998. The van der Waals surface area contributed by atoms with Crippen LogP contribution in [0.2, 0.25) is 0 Å². The van der Waals surface area contributed by atoms with Crippen molar-refractivity contribution in [1.29, 1.82) is 0 Å². The quantitative estimate of drug-likeness (QED) is 0.312. The number of carboxylic acid groups (broad SMARTS) is 1. The minimum atomic E-state index is -0.963. The molecule has 0 spiro atoms. The van der Waals surface area contributed by atoms with E-state index in [0.717, 1.165) is 22.0 Å². The topological polar surface area (TPSA) is 78.9 Å². The summed E-state index contributed by atoms with van der Waals surface area (Å²) in [6.45, 7) is 10.9. The van der Waals surface area contributed by atoms with Crippen LogP contribution in [0.3, 0.4) is 0 Å². The van der Waals surface area contributed by atoms with Crippen molar-refractivity contribution in [2.75, 3.05) is 29.7 Å². The maximum Gasteiger partial charge on any atom is 0.407 e. The second-order valence-electron chi connectivity index (χ2n) is 10.6. The lowest BCUT2D eigenvalue weighted by molar-refractivity contribution is -0.137. The normalized spacial score (nSPS) is 12.9. The predicted octanol–water partition coefficient (Wildman–Crippen LogP) is 6.45. The van der Waals surface area contributed by atoms with Crippen LogP contribution >= 0.6 is 23.2 Å². The van der Waals surface area contributed by atoms with Crippen molar-refractivity contribution >= 4 is 51.7 Å². The van der Waals surface area contributed by atoms with E-state index in [4.69, 9.17) is 27.9 Å². The van der Waals surface area contributed by atoms with Crippen molar-refractivity contribution in [2.45, 2.75) is 65.5 Å². The molecule has 8 heteroatoms. The number of hydrogen-bond acceptors (Lipinski definition) is 4. The lowest BCUT2D eigenvalue weighted by Gasteiger charge is -2.31. The molecule has 0 aliphatic heterocycles. The molecule has 1 amide bonds. The first-order valence-electron chi connectivity index (χ1n) is 11.9. The number of alkyl carbamates (subject to hydrolysis) is 1. The number of halogens is 2. The maximum atomic E-state index is 12.3. The Morgan fingerprint density at radius 3 is 2.14 bits per heavy atom. The van der Waals surface area contributed by atoms with Crippen LogP contribution < -0.4 is 10.2 Å². The van der Waals surface area contributed by atoms with Crippen molar-refractivity contribution in [3.8, 4) is 0 Å². The maximum absolute atomic E-state index is 12.3. The van der Waals surface area contributed by atoms with Crippen molar-refractivity contribution in [2.24, 2.45) is 5.41 Å². The Kier molecular flexibility index (Phi) is 10.5. The number of alkyl halides is 2. The monoisotopic (exact) mass is 524 g/mol. The summed E-state index contributed by atoms with van der Waals surface area (Å²) in [7, 11) is 0. The lowest BCUT2D eigenvalue weighted by Crippen LogP contribution is -2.42. The number of hydrogen-bond donors (Lipinski definition) is 2. The number of carbonyl (C=O) groups is 2. The number of amides is 1. The van der Waals surface area contributed by atoms with Crippen LogP contribution in [-0.4, -0.2) is 53.7 Å². The van der Waals surface area contributed by atoms with E-state index in [1.54, 1.807) is 20.8 Å². The number of nitrogens with zero attached hydrogens (tertiary/aromatic N) is 1. The molecule has 0 saturated heterocycles. The van der Waals surface area contributed by atoms with E-state index in [1.807, 2.05) is 12.1 Å². The largest absolute Gasteiger partial charge is 0.481 e. The summed E-state index contributed by atoms with van der Waals surface area (Å²) >= 11 is 12.1. The van der Waals surface area contributed by atoms with Crippen molar-refractivity contribution in [3.05, 3.63) is 42.0 Å². The van der Waals surface area contributed by atoms with Crippen LogP contribution in [0.1, 0.15) is 53.0 Å². The average Bonchev–Trinajstić information content (AvgIpc) is 2.71.